The highest BCUT2D eigenvalue weighted by Crippen LogP contribution is 2.09. The molecule has 0 saturated heterocycles. The van der Waals surface area contributed by atoms with Crippen LogP contribution in [0.25, 0.3) is 0 Å². The third-order valence-corrected chi connectivity index (χ3v) is 1.97. The molecule has 0 aromatic carbocycles. The fourth-order valence-corrected chi connectivity index (χ4v) is 1.23. The average molecular weight is 167 g/mol. The van der Waals surface area contributed by atoms with Gasteiger partial charge in [0.1, 0.15) is 0 Å². The van der Waals surface area contributed by atoms with Crippen molar-refractivity contribution in [1.82, 2.24) is 15.6 Å². The second kappa shape index (κ2) is 4.95. The van der Waals surface area contributed by atoms with E-state index in [1.807, 2.05) is 19.4 Å². The van der Waals surface area contributed by atoms with Gasteiger partial charge in [0, 0.05) is 25.0 Å². The van der Waals surface area contributed by atoms with Gasteiger partial charge in [0.15, 0.2) is 0 Å². The molecule has 1 aromatic heterocycles. The van der Waals surface area contributed by atoms with Crippen molar-refractivity contribution in [1.29, 1.82) is 0 Å². The van der Waals surface area contributed by atoms with Gasteiger partial charge in [-0.2, -0.15) is 0 Å². The third-order valence-electron chi connectivity index (χ3n) is 1.97. The number of likely N-dealkylation sites (N-methyl/N-ethyl adjacent to an activating group) is 2. The SMILES string of the molecule is CCNCC(NC)c1cc[nH]c1. The summed E-state index contributed by atoms with van der Waals surface area (Å²) in [4.78, 5) is 3.05. The van der Waals surface area contributed by atoms with E-state index in [9.17, 15) is 0 Å². The first-order valence-corrected chi connectivity index (χ1v) is 4.39. The van der Waals surface area contributed by atoms with Crippen LogP contribution in [0.5, 0.6) is 0 Å². The Hall–Kier alpha value is -0.800. The highest BCUT2D eigenvalue weighted by molar-refractivity contribution is 5.14. The number of rotatable bonds is 5. The molecule has 0 aliphatic carbocycles. The standard InChI is InChI=1S/C9H17N3/c1-3-11-7-9(10-2)8-4-5-12-6-8/h4-6,9-12H,3,7H2,1-2H3. The maximum absolute atomic E-state index is 3.31. The van der Waals surface area contributed by atoms with Gasteiger partial charge in [-0.05, 0) is 25.2 Å². The molecular weight excluding hydrogens is 150 g/mol. The molecule has 1 unspecified atom stereocenters. The molecule has 68 valence electrons. The van der Waals surface area contributed by atoms with Crippen molar-refractivity contribution in [3.63, 3.8) is 0 Å². The molecule has 0 aliphatic heterocycles. The molecule has 0 amide bonds. The lowest BCUT2D eigenvalue weighted by Crippen LogP contribution is -2.28. The lowest BCUT2D eigenvalue weighted by molar-refractivity contribution is 0.539. The topological polar surface area (TPSA) is 39.8 Å². The van der Waals surface area contributed by atoms with Crippen molar-refractivity contribution in [2.45, 2.75) is 13.0 Å². The summed E-state index contributed by atoms with van der Waals surface area (Å²) in [5.74, 6) is 0. The van der Waals surface area contributed by atoms with Gasteiger partial charge in [0.05, 0.1) is 0 Å². The monoisotopic (exact) mass is 167 g/mol. The Morgan fingerprint density at radius 1 is 1.58 bits per heavy atom. The summed E-state index contributed by atoms with van der Waals surface area (Å²) in [5, 5.41) is 6.57. The zero-order valence-electron chi connectivity index (χ0n) is 7.72. The molecule has 3 N–H and O–H groups in total. The Balaban J connectivity index is 2.45. The van der Waals surface area contributed by atoms with Crippen LogP contribution in [0.3, 0.4) is 0 Å². The van der Waals surface area contributed by atoms with Crippen molar-refractivity contribution < 1.29 is 0 Å². The van der Waals surface area contributed by atoms with Crippen LogP contribution >= 0.6 is 0 Å². The first-order valence-electron chi connectivity index (χ1n) is 4.39. The molecule has 0 bridgehead atoms. The van der Waals surface area contributed by atoms with E-state index in [1.54, 1.807) is 0 Å². The van der Waals surface area contributed by atoms with Crippen molar-refractivity contribution in [2.24, 2.45) is 0 Å². The highest BCUT2D eigenvalue weighted by atomic mass is 15.0. The van der Waals surface area contributed by atoms with Gasteiger partial charge in [-0.25, -0.2) is 0 Å². The van der Waals surface area contributed by atoms with Gasteiger partial charge < -0.3 is 15.6 Å². The van der Waals surface area contributed by atoms with Crippen molar-refractivity contribution >= 4 is 0 Å². The Morgan fingerprint density at radius 2 is 2.42 bits per heavy atom. The quantitative estimate of drug-likeness (QED) is 0.609. The van der Waals surface area contributed by atoms with Gasteiger partial charge in [0.25, 0.3) is 0 Å². The number of nitrogens with one attached hydrogen (secondary N) is 3. The lowest BCUT2D eigenvalue weighted by Gasteiger charge is -2.14. The zero-order chi connectivity index (χ0) is 8.81. The minimum absolute atomic E-state index is 0.413. The normalized spacial score (nSPS) is 13.2. The largest absolute Gasteiger partial charge is 0.367 e. The molecule has 3 heteroatoms. The number of hydrogen-bond donors (Lipinski definition) is 3. The number of H-pyrrole nitrogens is 1. The summed E-state index contributed by atoms with van der Waals surface area (Å²) >= 11 is 0. The number of hydrogen-bond acceptors (Lipinski definition) is 2. The van der Waals surface area contributed by atoms with E-state index in [2.05, 4.69) is 28.6 Å². The second-order valence-electron chi connectivity index (χ2n) is 2.79. The summed E-state index contributed by atoms with van der Waals surface area (Å²) in [7, 11) is 1.98. The maximum atomic E-state index is 3.31. The van der Waals surface area contributed by atoms with Crippen molar-refractivity contribution in [2.75, 3.05) is 20.1 Å². The molecule has 0 aliphatic rings. The van der Waals surface area contributed by atoms with E-state index in [0.29, 0.717) is 6.04 Å². The van der Waals surface area contributed by atoms with E-state index >= 15 is 0 Å². The molecule has 1 atom stereocenters. The zero-order valence-corrected chi connectivity index (χ0v) is 7.72. The van der Waals surface area contributed by atoms with E-state index in [0.717, 1.165) is 13.1 Å². The first-order chi connectivity index (χ1) is 5.88. The van der Waals surface area contributed by atoms with E-state index in [4.69, 9.17) is 0 Å². The molecule has 12 heavy (non-hydrogen) atoms. The van der Waals surface area contributed by atoms with Crippen LogP contribution < -0.4 is 10.6 Å². The lowest BCUT2D eigenvalue weighted by atomic mass is 10.1. The smallest absolute Gasteiger partial charge is 0.0459 e. The van der Waals surface area contributed by atoms with Crippen LogP contribution in [-0.2, 0) is 0 Å². The van der Waals surface area contributed by atoms with Crippen molar-refractivity contribution in [3.05, 3.63) is 24.0 Å². The Kier molecular flexibility index (Phi) is 3.84. The first kappa shape index (κ1) is 9.29. The van der Waals surface area contributed by atoms with Gasteiger partial charge in [-0.3, -0.25) is 0 Å². The Bertz CT molecular complexity index is 194. The minimum Gasteiger partial charge on any atom is -0.367 e. The molecule has 1 rings (SSSR count). The van der Waals surface area contributed by atoms with Crippen LogP contribution in [0.4, 0.5) is 0 Å². The predicted octanol–water partition coefficient (Wildman–Crippen LogP) is 0.885. The summed E-state index contributed by atoms with van der Waals surface area (Å²) in [6.07, 6.45) is 3.98. The molecule has 1 aromatic rings. The van der Waals surface area contributed by atoms with Crippen LogP contribution in [-0.4, -0.2) is 25.1 Å². The Labute approximate surface area is 73.6 Å². The fraction of sp³-hybridized carbons (Fsp3) is 0.556. The van der Waals surface area contributed by atoms with Crippen LogP contribution in [0, 0.1) is 0 Å². The molecule has 1 heterocycles. The van der Waals surface area contributed by atoms with Gasteiger partial charge in [-0.1, -0.05) is 6.92 Å². The molecule has 0 radical (unpaired) electrons. The van der Waals surface area contributed by atoms with Gasteiger partial charge in [-0.15, -0.1) is 0 Å². The predicted molar refractivity (Wildman–Crippen MR) is 51.1 cm³/mol. The summed E-state index contributed by atoms with van der Waals surface area (Å²) in [6.45, 7) is 4.11. The summed E-state index contributed by atoms with van der Waals surface area (Å²) in [5.41, 5.74) is 1.30. The van der Waals surface area contributed by atoms with E-state index in [1.165, 1.54) is 5.56 Å². The second-order valence-corrected chi connectivity index (χ2v) is 2.79. The fourth-order valence-electron chi connectivity index (χ4n) is 1.23. The van der Waals surface area contributed by atoms with E-state index in [-0.39, 0.29) is 0 Å². The Morgan fingerprint density at radius 3 is 2.92 bits per heavy atom. The van der Waals surface area contributed by atoms with Crippen LogP contribution in [0.15, 0.2) is 18.5 Å². The summed E-state index contributed by atoms with van der Waals surface area (Å²) < 4.78 is 0. The van der Waals surface area contributed by atoms with Crippen LogP contribution in [0.1, 0.15) is 18.5 Å². The number of aromatic nitrogens is 1. The van der Waals surface area contributed by atoms with Gasteiger partial charge >= 0.3 is 0 Å². The molecule has 0 fully saturated rings. The average Bonchev–Trinajstić information content (AvgIpc) is 2.59. The molecule has 0 saturated carbocycles. The summed E-state index contributed by atoms with van der Waals surface area (Å²) in [6, 6.07) is 2.51. The third kappa shape index (κ3) is 2.36. The van der Waals surface area contributed by atoms with E-state index < -0.39 is 0 Å². The molecule has 0 spiro atoms. The highest BCUT2D eigenvalue weighted by Gasteiger charge is 2.07. The minimum atomic E-state index is 0.413. The maximum Gasteiger partial charge on any atom is 0.0459 e. The van der Waals surface area contributed by atoms with Crippen LogP contribution in [0.2, 0.25) is 0 Å². The van der Waals surface area contributed by atoms with Gasteiger partial charge in [0.2, 0.25) is 0 Å². The molecular formula is C9H17N3. The van der Waals surface area contributed by atoms with Crippen molar-refractivity contribution in [3.8, 4) is 0 Å². The molecule has 3 nitrogen and oxygen atoms in total. The number of aromatic amines is 1.